The summed E-state index contributed by atoms with van der Waals surface area (Å²) in [4.78, 5) is 38.5. The van der Waals surface area contributed by atoms with Gasteiger partial charge in [-0.2, -0.15) is 0 Å². The van der Waals surface area contributed by atoms with E-state index < -0.39 is 6.10 Å². The minimum atomic E-state index is -0.770. The van der Waals surface area contributed by atoms with Gasteiger partial charge >= 0.3 is 17.9 Å². The summed E-state index contributed by atoms with van der Waals surface area (Å²) in [6.07, 6.45) is 90.4. The Morgan fingerprint density at radius 1 is 0.241 bits per heavy atom. The molecule has 0 aromatic rings. The van der Waals surface area contributed by atoms with Crippen LogP contribution in [0.15, 0.2) is 36.5 Å². The van der Waals surface area contributed by atoms with Gasteiger partial charge in [0, 0.05) is 19.3 Å². The van der Waals surface area contributed by atoms with Gasteiger partial charge in [-0.1, -0.05) is 378 Å². The molecule has 0 aromatic carbocycles. The third-order valence-electron chi connectivity index (χ3n) is 17.1. The van der Waals surface area contributed by atoms with E-state index in [1.807, 2.05) is 0 Å². The fraction of sp³-hybridized carbons (Fsp3) is 0.883. The summed E-state index contributed by atoms with van der Waals surface area (Å²) >= 11 is 0. The highest BCUT2D eigenvalue weighted by Crippen LogP contribution is 2.19. The first-order valence-corrected chi connectivity index (χ1v) is 37.5. The van der Waals surface area contributed by atoms with Crippen LogP contribution in [0.25, 0.3) is 0 Å². The molecule has 0 amide bonds. The van der Waals surface area contributed by atoms with Crippen molar-refractivity contribution in [1.82, 2.24) is 0 Å². The standard InChI is InChI=1S/C77H144O6/c1-4-7-10-13-16-19-22-25-27-29-31-33-35-37-38-40-41-43-45-47-49-52-55-58-61-64-67-70-76(79)82-73-74(72-81-75(78)69-66-63-60-57-54-51-24-21-18-15-12-9-6-3)83-77(80)71-68-65-62-59-56-53-50-48-46-44-42-39-36-34-32-30-28-26-23-20-17-14-11-8-5-2/h22,25,29,31,35,37,74H,4-21,23-24,26-28,30,32-34,36,38-73H2,1-3H3/b25-22-,31-29-,37-35-. The molecule has 0 rings (SSSR count). The highest BCUT2D eigenvalue weighted by atomic mass is 16.6. The van der Waals surface area contributed by atoms with E-state index in [2.05, 4.69) is 57.2 Å². The topological polar surface area (TPSA) is 78.9 Å². The van der Waals surface area contributed by atoms with Gasteiger partial charge in [-0.25, -0.2) is 0 Å². The van der Waals surface area contributed by atoms with Gasteiger partial charge in [0.2, 0.25) is 0 Å². The number of esters is 3. The monoisotopic (exact) mass is 1170 g/mol. The van der Waals surface area contributed by atoms with E-state index in [1.165, 1.54) is 308 Å². The third kappa shape index (κ3) is 70.3. The van der Waals surface area contributed by atoms with Gasteiger partial charge in [0.25, 0.3) is 0 Å². The molecule has 6 heteroatoms. The molecule has 0 saturated heterocycles. The van der Waals surface area contributed by atoms with E-state index in [9.17, 15) is 14.4 Å². The molecule has 0 radical (unpaired) electrons. The fourth-order valence-corrected chi connectivity index (χ4v) is 11.5. The lowest BCUT2D eigenvalue weighted by Gasteiger charge is -2.18. The van der Waals surface area contributed by atoms with Gasteiger partial charge in [0.1, 0.15) is 13.2 Å². The Bertz CT molecular complexity index is 1380. The lowest BCUT2D eigenvalue weighted by atomic mass is 10.0. The van der Waals surface area contributed by atoms with Gasteiger partial charge in [0.15, 0.2) is 6.10 Å². The molecule has 0 spiro atoms. The minimum Gasteiger partial charge on any atom is -0.462 e. The SMILES string of the molecule is CCCCCCC/C=C\C/C=C\C/C=C\CCCCCCCCCCCCCCC(=O)OCC(COC(=O)CCCCCCCCCCCCCCC)OC(=O)CCCCCCCCCCCCCCCCCCCCCCCCCCC. The van der Waals surface area contributed by atoms with Crippen molar-refractivity contribution in [2.75, 3.05) is 13.2 Å². The van der Waals surface area contributed by atoms with E-state index >= 15 is 0 Å². The van der Waals surface area contributed by atoms with Gasteiger partial charge in [-0.3, -0.25) is 14.4 Å². The zero-order chi connectivity index (χ0) is 59.9. The van der Waals surface area contributed by atoms with Crippen LogP contribution in [0, 0.1) is 0 Å². The van der Waals surface area contributed by atoms with E-state index in [0.29, 0.717) is 19.3 Å². The van der Waals surface area contributed by atoms with E-state index in [4.69, 9.17) is 14.2 Å². The largest absolute Gasteiger partial charge is 0.462 e. The highest BCUT2D eigenvalue weighted by molar-refractivity contribution is 5.71. The third-order valence-corrected chi connectivity index (χ3v) is 17.1. The number of hydrogen-bond acceptors (Lipinski definition) is 6. The Hall–Kier alpha value is -2.37. The molecule has 0 heterocycles. The van der Waals surface area contributed by atoms with Crippen molar-refractivity contribution >= 4 is 17.9 Å². The maximum atomic E-state index is 13.0. The number of allylic oxidation sites excluding steroid dienone is 6. The number of carbonyl (C=O) groups is 3. The van der Waals surface area contributed by atoms with Crippen LogP contribution in [0.5, 0.6) is 0 Å². The molecule has 0 fully saturated rings. The Labute approximate surface area is 518 Å². The number of hydrogen-bond donors (Lipinski definition) is 0. The molecular formula is C77H144O6. The van der Waals surface area contributed by atoms with Crippen molar-refractivity contribution in [2.45, 2.75) is 425 Å². The summed E-state index contributed by atoms with van der Waals surface area (Å²) in [6, 6.07) is 0. The quantitative estimate of drug-likeness (QED) is 0.0261. The smallest absolute Gasteiger partial charge is 0.306 e. The molecule has 1 unspecified atom stereocenters. The summed E-state index contributed by atoms with van der Waals surface area (Å²) in [5, 5.41) is 0. The molecule has 488 valence electrons. The van der Waals surface area contributed by atoms with Crippen molar-refractivity contribution < 1.29 is 28.6 Å². The molecule has 0 aliphatic carbocycles. The summed E-state index contributed by atoms with van der Waals surface area (Å²) in [5.74, 6) is -0.834. The second kappa shape index (κ2) is 72.1. The van der Waals surface area contributed by atoms with Crippen LogP contribution in [-0.4, -0.2) is 37.2 Å². The zero-order valence-electron chi connectivity index (χ0n) is 56.2. The van der Waals surface area contributed by atoms with Crippen LogP contribution in [0.2, 0.25) is 0 Å². The molecule has 1 atom stereocenters. The van der Waals surface area contributed by atoms with E-state index in [1.54, 1.807) is 0 Å². The maximum absolute atomic E-state index is 13.0. The van der Waals surface area contributed by atoms with Crippen molar-refractivity contribution in [2.24, 2.45) is 0 Å². The summed E-state index contributed by atoms with van der Waals surface area (Å²) in [6.45, 7) is 6.71. The lowest BCUT2D eigenvalue weighted by Crippen LogP contribution is -2.30. The first-order valence-electron chi connectivity index (χ1n) is 37.5. The fourth-order valence-electron chi connectivity index (χ4n) is 11.5. The number of rotatable bonds is 70. The number of unbranched alkanes of at least 4 members (excludes halogenated alkanes) is 53. The predicted molar refractivity (Wildman–Crippen MR) is 362 cm³/mol. The van der Waals surface area contributed by atoms with Crippen molar-refractivity contribution in [1.29, 1.82) is 0 Å². The highest BCUT2D eigenvalue weighted by Gasteiger charge is 2.20. The molecule has 0 saturated carbocycles. The Morgan fingerprint density at radius 2 is 0.434 bits per heavy atom. The van der Waals surface area contributed by atoms with Gasteiger partial charge in [0.05, 0.1) is 0 Å². The lowest BCUT2D eigenvalue weighted by molar-refractivity contribution is -0.167. The maximum Gasteiger partial charge on any atom is 0.306 e. The summed E-state index contributed by atoms with van der Waals surface area (Å²) in [5.41, 5.74) is 0. The zero-order valence-corrected chi connectivity index (χ0v) is 56.2. The van der Waals surface area contributed by atoms with E-state index in [0.717, 1.165) is 70.6 Å². The Balaban J connectivity index is 4.21. The molecule has 0 N–H and O–H groups in total. The van der Waals surface area contributed by atoms with Crippen LogP contribution in [0.3, 0.4) is 0 Å². The second-order valence-corrected chi connectivity index (χ2v) is 25.6. The normalized spacial score (nSPS) is 12.2. The minimum absolute atomic E-state index is 0.0658. The number of ether oxygens (including phenoxy) is 3. The molecule has 6 nitrogen and oxygen atoms in total. The van der Waals surface area contributed by atoms with Crippen LogP contribution in [0.4, 0.5) is 0 Å². The average molecular weight is 1170 g/mol. The molecule has 0 bridgehead atoms. The van der Waals surface area contributed by atoms with Crippen LogP contribution >= 0.6 is 0 Å². The number of carbonyl (C=O) groups excluding carboxylic acids is 3. The first kappa shape index (κ1) is 80.6. The Kier molecular flexibility index (Phi) is 70.0. The van der Waals surface area contributed by atoms with Gasteiger partial charge in [-0.05, 0) is 57.8 Å². The molecule has 83 heavy (non-hydrogen) atoms. The Morgan fingerprint density at radius 3 is 0.675 bits per heavy atom. The van der Waals surface area contributed by atoms with Crippen LogP contribution < -0.4 is 0 Å². The summed E-state index contributed by atoms with van der Waals surface area (Å²) in [7, 11) is 0. The summed E-state index contributed by atoms with van der Waals surface area (Å²) < 4.78 is 17.0. The predicted octanol–water partition coefficient (Wildman–Crippen LogP) is 25.9. The van der Waals surface area contributed by atoms with E-state index in [-0.39, 0.29) is 31.1 Å². The van der Waals surface area contributed by atoms with Crippen molar-refractivity contribution in [3.63, 3.8) is 0 Å². The second-order valence-electron chi connectivity index (χ2n) is 25.6. The van der Waals surface area contributed by atoms with Crippen molar-refractivity contribution in [3.8, 4) is 0 Å². The average Bonchev–Trinajstić information content (AvgIpc) is 3.49. The van der Waals surface area contributed by atoms with Gasteiger partial charge < -0.3 is 14.2 Å². The first-order chi connectivity index (χ1) is 41.0. The molecular weight excluding hydrogens is 1020 g/mol. The molecule has 0 aromatic heterocycles. The van der Waals surface area contributed by atoms with Crippen LogP contribution in [0.1, 0.15) is 419 Å². The molecule has 0 aliphatic heterocycles. The molecule has 0 aliphatic rings. The van der Waals surface area contributed by atoms with Gasteiger partial charge in [-0.15, -0.1) is 0 Å². The van der Waals surface area contributed by atoms with Crippen molar-refractivity contribution in [3.05, 3.63) is 36.5 Å². The van der Waals surface area contributed by atoms with Crippen LogP contribution in [-0.2, 0) is 28.6 Å².